The molecule has 440 valence electrons. The molecule has 0 rings (SSSR count). The first kappa shape index (κ1) is 73.2. The molecule has 76 heavy (non-hydrogen) atoms. The van der Waals surface area contributed by atoms with E-state index >= 15 is 0 Å². The van der Waals surface area contributed by atoms with E-state index in [9.17, 15) is 19.0 Å². The van der Waals surface area contributed by atoms with E-state index < -0.39 is 26.5 Å². The van der Waals surface area contributed by atoms with Gasteiger partial charge in [0.1, 0.15) is 19.8 Å². The van der Waals surface area contributed by atoms with Gasteiger partial charge in [-0.05, 0) is 70.6 Å². The predicted octanol–water partition coefficient (Wildman–Crippen LogP) is 19.8. The van der Waals surface area contributed by atoms with Gasteiger partial charge >= 0.3 is 19.8 Å². The van der Waals surface area contributed by atoms with E-state index in [2.05, 4.69) is 98.9 Å². The average Bonchev–Trinajstić information content (AvgIpc) is 3.38. The average molecular weight is 1090 g/mol. The van der Waals surface area contributed by atoms with Crippen molar-refractivity contribution in [2.45, 2.75) is 277 Å². The number of unbranched alkanes of at least 4 members (excludes halogenated alkanes) is 29. The van der Waals surface area contributed by atoms with Crippen LogP contribution in [0.2, 0.25) is 0 Å². The number of phosphoric acid groups is 1. The first-order valence-corrected chi connectivity index (χ1v) is 32.8. The molecule has 2 atom stereocenters. The van der Waals surface area contributed by atoms with Gasteiger partial charge in [-0.2, -0.15) is 0 Å². The van der Waals surface area contributed by atoms with Gasteiger partial charge in [0.2, 0.25) is 0 Å². The van der Waals surface area contributed by atoms with Gasteiger partial charge in [-0.15, -0.1) is 0 Å². The summed E-state index contributed by atoms with van der Waals surface area (Å²) < 4.78 is 34.6. The number of quaternary nitrogens is 1. The zero-order valence-electron chi connectivity index (χ0n) is 50.0. The van der Waals surface area contributed by atoms with E-state index in [-0.39, 0.29) is 25.6 Å². The Hall–Kier alpha value is -2.81. The van der Waals surface area contributed by atoms with Gasteiger partial charge in [-0.25, -0.2) is 4.57 Å². The fourth-order valence-corrected chi connectivity index (χ4v) is 9.39. The normalized spacial score (nSPS) is 13.8. The SMILES string of the molecule is CC/C=C\C/C=C\C/C=C\C/C=C\C/C=C\C/C=C\C/C=C\CCCCCCCCCCCCCCCC(=O)OC(COC(=O)CCCCCCCCCCCCCCCCCCC)COP(=O)(O)OCC[N+](C)(C)C. The van der Waals surface area contributed by atoms with Gasteiger partial charge in [-0.3, -0.25) is 18.6 Å². The van der Waals surface area contributed by atoms with Crippen LogP contribution in [0.4, 0.5) is 0 Å². The van der Waals surface area contributed by atoms with Gasteiger partial charge in [-0.1, -0.05) is 272 Å². The fourth-order valence-electron chi connectivity index (χ4n) is 8.64. The molecule has 0 bridgehead atoms. The van der Waals surface area contributed by atoms with Crippen molar-refractivity contribution in [3.8, 4) is 0 Å². The summed E-state index contributed by atoms with van der Waals surface area (Å²) in [6.45, 7) is 4.35. The van der Waals surface area contributed by atoms with E-state index in [1.165, 1.54) is 154 Å². The lowest BCUT2D eigenvalue weighted by atomic mass is 10.0. The Bertz CT molecular complexity index is 1560. The molecule has 0 aromatic heterocycles. The minimum Gasteiger partial charge on any atom is -0.462 e. The summed E-state index contributed by atoms with van der Waals surface area (Å²) >= 11 is 0. The highest BCUT2D eigenvalue weighted by Gasteiger charge is 2.27. The van der Waals surface area contributed by atoms with Crippen molar-refractivity contribution >= 4 is 19.8 Å². The Morgan fingerprint density at radius 3 is 1.12 bits per heavy atom. The highest BCUT2D eigenvalue weighted by atomic mass is 31.2. The maximum absolute atomic E-state index is 12.8. The molecule has 0 saturated carbocycles. The minimum absolute atomic E-state index is 0.0306. The molecule has 0 fully saturated rings. The number of phosphoric ester groups is 1. The first-order chi connectivity index (χ1) is 37.0. The fraction of sp³-hybridized carbons (Fsp3) is 0.758. The van der Waals surface area contributed by atoms with E-state index in [1.54, 1.807) is 0 Å². The Labute approximate surface area is 469 Å². The van der Waals surface area contributed by atoms with Gasteiger partial charge < -0.3 is 18.9 Å². The van der Waals surface area contributed by atoms with Gasteiger partial charge in [0.25, 0.3) is 0 Å². The van der Waals surface area contributed by atoms with Crippen LogP contribution in [-0.2, 0) is 32.7 Å². The quantitative estimate of drug-likeness (QED) is 0.0211. The minimum atomic E-state index is -4.39. The second kappa shape index (κ2) is 56.9. The van der Waals surface area contributed by atoms with Crippen LogP contribution in [0.5, 0.6) is 0 Å². The second-order valence-corrected chi connectivity index (χ2v) is 23.5. The molecule has 0 radical (unpaired) electrons. The van der Waals surface area contributed by atoms with E-state index in [0.717, 1.165) is 83.5 Å². The van der Waals surface area contributed by atoms with Crippen molar-refractivity contribution in [1.29, 1.82) is 0 Å². The third kappa shape index (κ3) is 60.4. The molecule has 2 unspecified atom stereocenters. The van der Waals surface area contributed by atoms with Crippen molar-refractivity contribution in [1.82, 2.24) is 0 Å². The smallest absolute Gasteiger partial charge is 0.462 e. The number of carbonyl (C=O) groups excluding carboxylic acids is 2. The monoisotopic (exact) mass is 1080 g/mol. The number of likely N-dealkylation sites (N-methyl/N-ethyl adjacent to an activating group) is 1. The van der Waals surface area contributed by atoms with Crippen molar-refractivity contribution in [2.75, 3.05) is 47.5 Å². The number of hydrogen-bond donors (Lipinski definition) is 1. The van der Waals surface area contributed by atoms with E-state index in [4.69, 9.17) is 18.5 Å². The first-order valence-electron chi connectivity index (χ1n) is 31.3. The van der Waals surface area contributed by atoms with Crippen LogP contribution in [0.25, 0.3) is 0 Å². The second-order valence-electron chi connectivity index (χ2n) is 22.1. The van der Waals surface area contributed by atoms with E-state index in [0.29, 0.717) is 23.9 Å². The molecule has 0 spiro atoms. The molecule has 9 nitrogen and oxygen atoms in total. The molecule has 0 aromatic carbocycles. The third-order valence-corrected chi connectivity index (χ3v) is 14.4. The Morgan fingerprint density at radius 2 is 0.750 bits per heavy atom. The summed E-state index contributed by atoms with van der Waals surface area (Å²) in [6, 6.07) is 0. The number of hydrogen-bond acceptors (Lipinski definition) is 7. The molecular formula is C66H119NO8P+. The molecule has 0 heterocycles. The summed E-state index contributed by atoms with van der Waals surface area (Å²) in [5, 5.41) is 0. The molecule has 0 aliphatic rings. The molecule has 0 saturated heterocycles. The van der Waals surface area contributed by atoms with Crippen molar-refractivity contribution in [2.24, 2.45) is 0 Å². The number of rotatable bonds is 57. The third-order valence-electron chi connectivity index (χ3n) is 13.4. The summed E-state index contributed by atoms with van der Waals surface area (Å²) in [6.07, 6.45) is 76.6. The Morgan fingerprint density at radius 1 is 0.421 bits per heavy atom. The topological polar surface area (TPSA) is 108 Å². The van der Waals surface area contributed by atoms with Gasteiger partial charge in [0.05, 0.1) is 27.7 Å². The maximum Gasteiger partial charge on any atom is 0.472 e. The van der Waals surface area contributed by atoms with E-state index in [1.807, 2.05) is 21.1 Å². The van der Waals surface area contributed by atoms with Crippen LogP contribution in [-0.4, -0.2) is 74.9 Å². The van der Waals surface area contributed by atoms with Crippen molar-refractivity contribution in [3.63, 3.8) is 0 Å². The Balaban J connectivity index is 4.07. The zero-order valence-corrected chi connectivity index (χ0v) is 50.9. The highest BCUT2D eigenvalue weighted by Crippen LogP contribution is 2.43. The number of esters is 2. The highest BCUT2D eigenvalue weighted by molar-refractivity contribution is 7.47. The number of carbonyl (C=O) groups is 2. The van der Waals surface area contributed by atoms with Crippen LogP contribution in [0.1, 0.15) is 271 Å². The molecule has 0 aliphatic carbocycles. The van der Waals surface area contributed by atoms with Crippen molar-refractivity contribution in [3.05, 3.63) is 85.1 Å². The van der Waals surface area contributed by atoms with Crippen LogP contribution in [0, 0.1) is 0 Å². The lowest BCUT2D eigenvalue weighted by Crippen LogP contribution is -2.37. The zero-order chi connectivity index (χ0) is 55.6. The largest absolute Gasteiger partial charge is 0.472 e. The van der Waals surface area contributed by atoms with Crippen molar-refractivity contribution < 1.29 is 42.1 Å². The summed E-state index contributed by atoms with van der Waals surface area (Å²) in [7, 11) is 1.48. The molecular weight excluding hydrogens is 966 g/mol. The number of nitrogens with zero attached hydrogens (tertiary/aromatic N) is 1. The van der Waals surface area contributed by atoms with Crippen LogP contribution in [0.3, 0.4) is 0 Å². The summed E-state index contributed by atoms with van der Waals surface area (Å²) in [5.41, 5.74) is 0. The number of ether oxygens (including phenoxy) is 2. The number of allylic oxidation sites excluding steroid dienone is 14. The lowest BCUT2D eigenvalue weighted by Gasteiger charge is -2.24. The van der Waals surface area contributed by atoms with Gasteiger partial charge in [0.15, 0.2) is 6.10 Å². The lowest BCUT2D eigenvalue weighted by molar-refractivity contribution is -0.870. The Kier molecular flexibility index (Phi) is 54.8. The molecule has 10 heteroatoms. The standard InChI is InChI=1S/C66H118NO8P/c1-6-8-10-12-14-16-18-20-22-24-25-26-27-28-29-30-31-32-33-34-35-36-37-38-39-40-41-43-45-47-49-51-53-55-57-59-66(69)75-64(63-74-76(70,71)73-61-60-67(3,4)5)62-72-65(68)58-56-54-52-50-48-46-44-42-23-21-19-17-15-13-11-9-7-2/h8,10,14,16,20,22,25-26,28-29,31-32,34-35,64H,6-7,9,11-13,15,17-19,21,23-24,27,30,33,36-63H2,1-5H3/p+1/b10-8-,16-14-,22-20-,26-25-,29-28-,32-31-,35-34-. The van der Waals surface area contributed by atoms with Crippen LogP contribution < -0.4 is 0 Å². The predicted molar refractivity (Wildman–Crippen MR) is 325 cm³/mol. The molecule has 0 amide bonds. The summed E-state index contributed by atoms with van der Waals surface area (Å²) in [4.78, 5) is 35.7. The molecule has 0 aromatic rings. The maximum atomic E-state index is 12.8. The van der Waals surface area contributed by atoms with Crippen LogP contribution in [0.15, 0.2) is 85.1 Å². The van der Waals surface area contributed by atoms with Gasteiger partial charge in [0, 0.05) is 12.8 Å². The summed E-state index contributed by atoms with van der Waals surface area (Å²) in [5.74, 6) is -0.790. The van der Waals surface area contributed by atoms with Crippen LogP contribution >= 0.6 is 7.82 Å². The molecule has 1 N–H and O–H groups in total. The molecule has 0 aliphatic heterocycles.